The topological polar surface area (TPSA) is 89.5 Å². The second kappa shape index (κ2) is 6.33. The van der Waals surface area contributed by atoms with Crippen molar-refractivity contribution in [3.8, 4) is 12.1 Å². The predicted octanol–water partition coefficient (Wildman–Crippen LogP) is 2.53. The zero-order valence-corrected chi connectivity index (χ0v) is 13.5. The normalized spacial score (nSPS) is 22.9. The van der Waals surface area contributed by atoms with E-state index in [-0.39, 0.29) is 12.4 Å². The second-order valence-electron chi connectivity index (χ2n) is 6.08. The Morgan fingerprint density at radius 3 is 2.88 bits per heavy atom. The van der Waals surface area contributed by atoms with E-state index in [1.165, 1.54) is 5.01 Å². The molecule has 6 heteroatoms. The molecule has 0 radical (unpaired) electrons. The summed E-state index contributed by atoms with van der Waals surface area (Å²) in [5.74, 6) is -0.947. The van der Waals surface area contributed by atoms with E-state index in [0.717, 1.165) is 24.0 Å². The lowest BCUT2D eigenvalue weighted by molar-refractivity contribution is -0.149. The van der Waals surface area contributed by atoms with Gasteiger partial charge in [-0.1, -0.05) is 37.6 Å². The van der Waals surface area contributed by atoms with Crippen LogP contribution in [0.4, 0.5) is 0 Å². The highest BCUT2D eigenvalue weighted by Crippen LogP contribution is 2.49. The van der Waals surface area contributed by atoms with Crippen molar-refractivity contribution in [1.82, 2.24) is 5.01 Å². The number of carbonyl (C=O) groups excluding carboxylic acids is 1. The number of esters is 1. The first-order valence-electron chi connectivity index (χ1n) is 8.08. The molecule has 0 spiro atoms. The molecular formula is C18H18N4O2. The number of unbranched alkanes of at least 4 members (excludes halogenated alkanes) is 1. The molecule has 0 aliphatic carbocycles. The molecule has 1 aromatic rings. The molecule has 2 heterocycles. The summed E-state index contributed by atoms with van der Waals surface area (Å²) >= 11 is 0. The average Bonchev–Trinajstić information content (AvgIpc) is 2.97. The van der Waals surface area contributed by atoms with E-state index in [2.05, 4.69) is 17.2 Å². The van der Waals surface area contributed by atoms with Gasteiger partial charge in [-0.15, -0.1) is 0 Å². The van der Waals surface area contributed by atoms with Crippen LogP contribution in [-0.4, -0.2) is 29.3 Å². The summed E-state index contributed by atoms with van der Waals surface area (Å²) in [4.78, 5) is 12.6. The lowest BCUT2D eigenvalue weighted by Crippen LogP contribution is -2.40. The molecule has 0 bridgehead atoms. The monoisotopic (exact) mass is 322 g/mol. The fourth-order valence-corrected chi connectivity index (χ4v) is 3.33. The Kier molecular flexibility index (Phi) is 4.22. The van der Waals surface area contributed by atoms with Gasteiger partial charge in [-0.3, -0.25) is 9.80 Å². The van der Waals surface area contributed by atoms with E-state index in [1.807, 2.05) is 31.2 Å². The number of hydrogen-bond acceptors (Lipinski definition) is 6. The summed E-state index contributed by atoms with van der Waals surface area (Å²) in [6.45, 7) is 2.38. The largest absolute Gasteiger partial charge is 0.465 e. The molecule has 3 rings (SSSR count). The molecule has 1 fully saturated rings. The van der Waals surface area contributed by atoms with Crippen molar-refractivity contribution in [2.45, 2.75) is 37.8 Å². The Labute approximate surface area is 140 Å². The van der Waals surface area contributed by atoms with Crippen molar-refractivity contribution in [1.29, 1.82) is 10.5 Å². The molecule has 2 aliphatic heterocycles. The molecule has 122 valence electrons. The number of nitriles is 2. The molecule has 0 saturated carbocycles. The Hall–Kier alpha value is -2.86. The lowest BCUT2D eigenvalue weighted by Gasteiger charge is -2.33. The number of nitrogens with zero attached hydrogens (tertiary/aromatic N) is 4. The Balaban J connectivity index is 1.98. The summed E-state index contributed by atoms with van der Waals surface area (Å²) in [7, 11) is 0. The summed E-state index contributed by atoms with van der Waals surface area (Å²) in [5.41, 5.74) is 0.359. The lowest BCUT2D eigenvalue weighted by atomic mass is 9.88. The van der Waals surface area contributed by atoms with E-state index >= 15 is 0 Å². The summed E-state index contributed by atoms with van der Waals surface area (Å²) < 4.78 is 5.38. The van der Waals surface area contributed by atoms with Crippen LogP contribution in [0.5, 0.6) is 0 Å². The second-order valence-corrected chi connectivity index (χ2v) is 6.08. The van der Waals surface area contributed by atoms with Crippen molar-refractivity contribution in [3.63, 3.8) is 0 Å². The standard InChI is InChI=1S/C18H18N4O2/c1-2-3-8-24-17(23)15-9-18(11-19,12-20)22-16(15)14-7-5-4-6-13(14)10-21-22/h4-7,10,15-16H,2-3,8-9H2,1H3/t15-,16+/m1/s1. The van der Waals surface area contributed by atoms with Crippen molar-refractivity contribution < 1.29 is 9.53 Å². The minimum Gasteiger partial charge on any atom is -0.465 e. The number of hydrazone groups is 1. The van der Waals surface area contributed by atoms with Gasteiger partial charge in [0.05, 0.1) is 24.8 Å². The highest BCUT2D eigenvalue weighted by Gasteiger charge is 2.57. The zero-order chi connectivity index (χ0) is 17.2. The average molecular weight is 322 g/mol. The van der Waals surface area contributed by atoms with E-state index in [4.69, 9.17) is 4.74 Å². The van der Waals surface area contributed by atoms with Crippen molar-refractivity contribution in [3.05, 3.63) is 35.4 Å². The van der Waals surface area contributed by atoms with Crippen LogP contribution < -0.4 is 0 Å². The third kappa shape index (κ3) is 2.41. The van der Waals surface area contributed by atoms with Crippen LogP contribution in [0.2, 0.25) is 0 Å². The van der Waals surface area contributed by atoms with Gasteiger partial charge in [-0.05, 0) is 17.5 Å². The third-order valence-corrected chi connectivity index (χ3v) is 4.60. The van der Waals surface area contributed by atoms with Crippen LogP contribution in [0.1, 0.15) is 43.4 Å². The van der Waals surface area contributed by atoms with Gasteiger partial charge in [-0.25, -0.2) is 0 Å². The first-order chi connectivity index (χ1) is 11.7. The SMILES string of the molecule is CCCCOC(=O)[C@@H]1CC(C#N)(C#N)N2N=Cc3ccccc3[C@@H]12. The van der Waals surface area contributed by atoms with Crippen LogP contribution in [0.15, 0.2) is 29.4 Å². The number of fused-ring (bicyclic) bond motifs is 3. The molecule has 0 amide bonds. The fourth-order valence-electron chi connectivity index (χ4n) is 3.33. The zero-order valence-electron chi connectivity index (χ0n) is 13.5. The molecule has 0 N–H and O–H groups in total. The maximum Gasteiger partial charge on any atom is 0.311 e. The Bertz CT molecular complexity index is 745. The molecule has 6 nitrogen and oxygen atoms in total. The molecule has 1 saturated heterocycles. The van der Waals surface area contributed by atoms with Crippen LogP contribution in [0, 0.1) is 28.6 Å². The van der Waals surface area contributed by atoms with Crippen molar-refractivity contribution in [2.24, 2.45) is 11.0 Å². The van der Waals surface area contributed by atoms with Crippen LogP contribution in [0.25, 0.3) is 0 Å². The van der Waals surface area contributed by atoms with E-state index in [1.54, 1.807) is 6.21 Å². The van der Waals surface area contributed by atoms with Gasteiger partial charge < -0.3 is 4.74 Å². The quantitative estimate of drug-likeness (QED) is 0.627. The first kappa shape index (κ1) is 16.0. The van der Waals surface area contributed by atoms with Crippen LogP contribution >= 0.6 is 0 Å². The molecule has 0 unspecified atom stereocenters. The molecular weight excluding hydrogens is 304 g/mol. The van der Waals surface area contributed by atoms with Gasteiger partial charge >= 0.3 is 5.97 Å². The predicted molar refractivity (Wildman–Crippen MR) is 86.5 cm³/mol. The van der Waals surface area contributed by atoms with E-state index in [0.29, 0.717) is 6.61 Å². The summed E-state index contributed by atoms with van der Waals surface area (Å²) in [6, 6.07) is 11.3. The molecule has 2 atom stereocenters. The van der Waals surface area contributed by atoms with E-state index < -0.39 is 17.5 Å². The minimum atomic E-state index is -1.44. The Morgan fingerprint density at radius 1 is 1.42 bits per heavy atom. The molecule has 2 aliphatic rings. The summed E-state index contributed by atoms with van der Waals surface area (Å²) in [6.07, 6.45) is 3.46. The number of ether oxygens (including phenoxy) is 1. The molecule has 24 heavy (non-hydrogen) atoms. The maximum atomic E-state index is 12.6. The number of carbonyl (C=O) groups is 1. The number of hydrogen-bond donors (Lipinski definition) is 0. The van der Waals surface area contributed by atoms with Gasteiger partial charge in [0.1, 0.15) is 12.1 Å². The van der Waals surface area contributed by atoms with Gasteiger partial charge in [-0.2, -0.15) is 15.6 Å². The van der Waals surface area contributed by atoms with E-state index in [9.17, 15) is 15.3 Å². The fraction of sp³-hybridized carbons (Fsp3) is 0.444. The van der Waals surface area contributed by atoms with Crippen LogP contribution in [-0.2, 0) is 9.53 Å². The highest BCUT2D eigenvalue weighted by molar-refractivity contribution is 5.85. The van der Waals surface area contributed by atoms with Gasteiger partial charge in [0.25, 0.3) is 0 Å². The molecule has 0 aromatic heterocycles. The number of rotatable bonds is 4. The summed E-state index contributed by atoms with van der Waals surface area (Å²) in [5, 5.41) is 24.9. The first-order valence-corrected chi connectivity index (χ1v) is 8.08. The number of benzene rings is 1. The van der Waals surface area contributed by atoms with Gasteiger partial charge in [0, 0.05) is 6.42 Å². The van der Waals surface area contributed by atoms with Crippen LogP contribution in [0.3, 0.4) is 0 Å². The smallest absolute Gasteiger partial charge is 0.311 e. The minimum absolute atomic E-state index is 0.0985. The Morgan fingerprint density at radius 2 is 2.17 bits per heavy atom. The van der Waals surface area contributed by atoms with Crippen molar-refractivity contribution >= 4 is 12.2 Å². The van der Waals surface area contributed by atoms with Gasteiger partial charge in [0.15, 0.2) is 0 Å². The highest BCUT2D eigenvalue weighted by atomic mass is 16.5. The van der Waals surface area contributed by atoms with Crippen molar-refractivity contribution in [2.75, 3.05) is 6.61 Å². The maximum absolute atomic E-state index is 12.6. The third-order valence-electron chi connectivity index (χ3n) is 4.60. The molecule has 1 aromatic carbocycles. The van der Waals surface area contributed by atoms with Gasteiger partial charge in [0.2, 0.25) is 5.54 Å².